The lowest BCUT2D eigenvalue weighted by molar-refractivity contribution is 0.220. The van der Waals surface area contributed by atoms with Crippen molar-refractivity contribution in [3.8, 4) is 6.07 Å². The van der Waals surface area contributed by atoms with Crippen molar-refractivity contribution in [1.82, 2.24) is 19.7 Å². The molecule has 1 unspecified atom stereocenters. The molecule has 108 valence electrons. The molecule has 8 heteroatoms. The Morgan fingerprint density at radius 2 is 2.43 bits per heavy atom. The predicted molar refractivity (Wildman–Crippen MR) is 78.0 cm³/mol. The van der Waals surface area contributed by atoms with E-state index in [2.05, 4.69) is 21.5 Å². The lowest BCUT2D eigenvalue weighted by Gasteiger charge is -2.16. The number of urea groups is 1. The minimum Gasteiger partial charge on any atom is -0.322 e. The van der Waals surface area contributed by atoms with E-state index in [1.54, 1.807) is 28.2 Å². The molecule has 2 amide bonds. The summed E-state index contributed by atoms with van der Waals surface area (Å²) in [5.41, 5.74) is 0.538. The molecule has 0 aromatic carbocycles. The first-order valence-corrected chi connectivity index (χ1v) is 7.40. The zero-order valence-electron chi connectivity index (χ0n) is 11.5. The number of amides is 2. The first-order chi connectivity index (χ1) is 10.2. The third kappa shape index (κ3) is 2.87. The van der Waals surface area contributed by atoms with E-state index in [9.17, 15) is 4.79 Å². The number of likely N-dealkylation sites (tertiary alicyclic amines) is 1. The van der Waals surface area contributed by atoms with Crippen LogP contribution in [0.1, 0.15) is 22.9 Å². The highest BCUT2D eigenvalue weighted by molar-refractivity contribution is 7.15. The number of aryl methyl sites for hydroxylation is 1. The fourth-order valence-corrected chi connectivity index (χ4v) is 2.97. The highest BCUT2D eigenvalue weighted by Crippen LogP contribution is 2.23. The summed E-state index contributed by atoms with van der Waals surface area (Å²) in [4.78, 5) is 19.1. The Balaban J connectivity index is 1.61. The van der Waals surface area contributed by atoms with Crippen LogP contribution in [-0.2, 0) is 0 Å². The van der Waals surface area contributed by atoms with E-state index >= 15 is 0 Å². The van der Waals surface area contributed by atoms with Crippen molar-refractivity contribution in [2.45, 2.75) is 19.4 Å². The molecule has 1 aliphatic rings. The Bertz CT molecular complexity index is 700. The SMILES string of the molecule is Cc1cnc(NC(=O)N2CCC(n3cc(C#N)cn3)C2)s1. The lowest BCUT2D eigenvalue weighted by atomic mass is 10.3. The quantitative estimate of drug-likeness (QED) is 0.919. The number of carbonyl (C=O) groups is 1. The molecule has 1 fully saturated rings. The fraction of sp³-hybridized carbons (Fsp3) is 0.385. The maximum Gasteiger partial charge on any atom is 0.323 e. The number of aromatic nitrogens is 3. The molecule has 0 radical (unpaired) electrons. The molecule has 1 aliphatic heterocycles. The van der Waals surface area contributed by atoms with Crippen molar-refractivity contribution in [3.63, 3.8) is 0 Å². The Kier molecular flexibility index (Phi) is 3.58. The molecule has 0 saturated carbocycles. The summed E-state index contributed by atoms with van der Waals surface area (Å²) in [6.07, 6.45) is 5.83. The summed E-state index contributed by atoms with van der Waals surface area (Å²) in [5.74, 6) is 0. The van der Waals surface area contributed by atoms with Gasteiger partial charge in [-0.2, -0.15) is 10.4 Å². The normalized spacial score (nSPS) is 17.7. The third-order valence-corrected chi connectivity index (χ3v) is 4.22. The predicted octanol–water partition coefficient (Wildman–Crippen LogP) is 2.00. The molecule has 1 N–H and O–H groups in total. The first-order valence-electron chi connectivity index (χ1n) is 6.58. The van der Waals surface area contributed by atoms with Crippen LogP contribution >= 0.6 is 11.3 Å². The van der Waals surface area contributed by atoms with Gasteiger partial charge in [-0.15, -0.1) is 11.3 Å². The van der Waals surface area contributed by atoms with E-state index in [4.69, 9.17) is 5.26 Å². The maximum atomic E-state index is 12.2. The van der Waals surface area contributed by atoms with Crippen LogP contribution in [0.3, 0.4) is 0 Å². The van der Waals surface area contributed by atoms with Crippen LogP contribution in [0.4, 0.5) is 9.93 Å². The number of hydrogen-bond donors (Lipinski definition) is 1. The van der Waals surface area contributed by atoms with Crippen molar-refractivity contribution in [2.75, 3.05) is 18.4 Å². The Labute approximate surface area is 125 Å². The fourth-order valence-electron chi connectivity index (χ4n) is 2.32. The number of anilines is 1. The third-order valence-electron chi connectivity index (χ3n) is 3.39. The van der Waals surface area contributed by atoms with Crippen LogP contribution in [0.2, 0.25) is 0 Å². The second-order valence-electron chi connectivity index (χ2n) is 4.92. The molecule has 0 aliphatic carbocycles. The Morgan fingerprint density at radius 3 is 3.10 bits per heavy atom. The Hall–Kier alpha value is -2.40. The van der Waals surface area contributed by atoms with Crippen LogP contribution in [0.25, 0.3) is 0 Å². The van der Waals surface area contributed by atoms with Crippen LogP contribution in [-0.4, -0.2) is 38.8 Å². The van der Waals surface area contributed by atoms with Gasteiger partial charge in [0.2, 0.25) is 0 Å². The van der Waals surface area contributed by atoms with Crippen LogP contribution in [0, 0.1) is 18.3 Å². The van der Waals surface area contributed by atoms with Gasteiger partial charge in [-0.1, -0.05) is 0 Å². The summed E-state index contributed by atoms with van der Waals surface area (Å²) in [6, 6.07) is 2.04. The molecular weight excluding hydrogens is 288 g/mol. The zero-order valence-corrected chi connectivity index (χ0v) is 12.3. The molecule has 21 heavy (non-hydrogen) atoms. The summed E-state index contributed by atoms with van der Waals surface area (Å²) >= 11 is 1.46. The molecule has 0 bridgehead atoms. The Morgan fingerprint density at radius 1 is 1.57 bits per heavy atom. The molecule has 1 atom stereocenters. The van der Waals surface area contributed by atoms with Gasteiger partial charge in [0.1, 0.15) is 6.07 Å². The average Bonchev–Trinajstić information content (AvgIpc) is 3.17. The highest BCUT2D eigenvalue weighted by Gasteiger charge is 2.28. The first kappa shape index (κ1) is 13.6. The molecular formula is C13H14N6OS. The van der Waals surface area contributed by atoms with Gasteiger partial charge in [-0.25, -0.2) is 9.78 Å². The van der Waals surface area contributed by atoms with Crippen LogP contribution in [0.15, 0.2) is 18.6 Å². The van der Waals surface area contributed by atoms with Gasteiger partial charge in [0.05, 0.1) is 17.8 Å². The number of thiazole rings is 1. The van der Waals surface area contributed by atoms with Crippen molar-refractivity contribution in [3.05, 3.63) is 29.0 Å². The van der Waals surface area contributed by atoms with Crippen molar-refractivity contribution in [2.24, 2.45) is 0 Å². The standard InChI is InChI=1S/C13H14N6OS/c1-9-5-15-12(21-9)17-13(20)18-3-2-11(8-18)19-7-10(4-14)6-16-19/h5-7,11H,2-3,8H2,1H3,(H,15,17,20). The smallest absolute Gasteiger partial charge is 0.322 e. The molecule has 3 rings (SSSR count). The van der Waals surface area contributed by atoms with E-state index in [1.807, 2.05) is 6.92 Å². The van der Waals surface area contributed by atoms with Gasteiger partial charge < -0.3 is 4.90 Å². The molecule has 3 heterocycles. The van der Waals surface area contributed by atoms with Crippen molar-refractivity contribution < 1.29 is 4.79 Å². The molecule has 2 aromatic rings. The van der Waals surface area contributed by atoms with E-state index in [0.29, 0.717) is 23.8 Å². The second kappa shape index (κ2) is 5.54. The molecule has 7 nitrogen and oxygen atoms in total. The van der Waals surface area contributed by atoms with Crippen molar-refractivity contribution >= 4 is 22.5 Å². The maximum absolute atomic E-state index is 12.2. The number of nitrogens with zero attached hydrogens (tertiary/aromatic N) is 5. The lowest BCUT2D eigenvalue weighted by Crippen LogP contribution is -2.33. The van der Waals surface area contributed by atoms with Gasteiger partial charge in [0.15, 0.2) is 5.13 Å². The topological polar surface area (TPSA) is 86.8 Å². The molecule has 1 saturated heterocycles. The van der Waals surface area contributed by atoms with Crippen LogP contribution < -0.4 is 5.32 Å². The van der Waals surface area contributed by atoms with E-state index in [0.717, 1.165) is 11.3 Å². The van der Waals surface area contributed by atoms with Gasteiger partial charge >= 0.3 is 6.03 Å². The molecule has 0 spiro atoms. The van der Waals surface area contributed by atoms with E-state index in [-0.39, 0.29) is 12.1 Å². The second-order valence-corrected chi connectivity index (χ2v) is 6.15. The zero-order chi connectivity index (χ0) is 14.8. The van der Waals surface area contributed by atoms with Crippen molar-refractivity contribution in [1.29, 1.82) is 5.26 Å². The van der Waals surface area contributed by atoms with Gasteiger partial charge in [0.25, 0.3) is 0 Å². The minimum atomic E-state index is -0.139. The number of carbonyl (C=O) groups excluding carboxylic acids is 1. The summed E-state index contributed by atoms with van der Waals surface area (Å²) in [6.45, 7) is 3.20. The number of rotatable bonds is 2. The monoisotopic (exact) mass is 302 g/mol. The molecule has 2 aromatic heterocycles. The van der Waals surface area contributed by atoms with Crippen LogP contribution in [0.5, 0.6) is 0 Å². The summed E-state index contributed by atoms with van der Waals surface area (Å²) in [5, 5.41) is 16.4. The minimum absolute atomic E-state index is 0.121. The van der Waals surface area contributed by atoms with Gasteiger partial charge in [-0.3, -0.25) is 10.00 Å². The largest absolute Gasteiger partial charge is 0.323 e. The number of nitriles is 1. The van der Waals surface area contributed by atoms with E-state index in [1.165, 1.54) is 11.3 Å². The summed E-state index contributed by atoms with van der Waals surface area (Å²) in [7, 11) is 0. The van der Waals surface area contributed by atoms with E-state index < -0.39 is 0 Å². The van der Waals surface area contributed by atoms with Gasteiger partial charge in [-0.05, 0) is 13.3 Å². The van der Waals surface area contributed by atoms with Gasteiger partial charge in [0, 0.05) is 30.4 Å². The number of hydrogen-bond acceptors (Lipinski definition) is 5. The number of nitrogens with one attached hydrogen (secondary N) is 1. The summed E-state index contributed by atoms with van der Waals surface area (Å²) < 4.78 is 1.76. The average molecular weight is 302 g/mol. The highest BCUT2D eigenvalue weighted by atomic mass is 32.1.